The Morgan fingerprint density at radius 1 is 1.03 bits per heavy atom. The van der Waals surface area contributed by atoms with Gasteiger partial charge in [-0.15, -0.1) is 5.10 Å². The maximum atomic E-state index is 13.0. The molecule has 0 atom stereocenters. The lowest BCUT2D eigenvalue weighted by Crippen LogP contribution is -2.37. The molecule has 0 spiro atoms. The van der Waals surface area contributed by atoms with Crippen LogP contribution in [0.2, 0.25) is 0 Å². The van der Waals surface area contributed by atoms with Crippen molar-refractivity contribution in [3.05, 3.63) is 48.0 Å². The van der Waals surface area contributed by atoms with Gasteiger partial charge in [-0.3, -0.25) is 0 Å². The Kier molecular flexibility index (Phi) is 6.07. The molecule has 0 saturated carbocycles. The first-order chi connectivity index (χ1) is 16.8. The number of morpholine rings is 1. The van der Waals surface area contributed by atoms with Crippen LogP contribution in [0.5, 0.6) is 5.75 Å². The van der Waals surface area contributed by atoms with Crippen LogP contribution in [0.4, 0.5) is 14.7 Å². The molecule has 1 aliphatic rings. The fourth-order valence-corrected chi connectivity index (χ4v) is 3.51. The highest BCUT2D eigenvalue weighted by atomic mass is 19.3. The SMILES string of the molecule is Cc1nc(-c2nc(-c3ccc(OC(C)(F)F)cc3)no2)nn1Cc1ccnc(N2CCOCC2)n1. The third-order valence-corrected chi connectivity index (χ3v) is 5.19. The zero-order valence-corrected chi connectivity index (χ0v) is 19.1. The summed E-state index contributed by atoms with van der Waals surface area (Å²) < 4.78 is 43.0. The lowest BCUT2D eigenvalue weighted by atomic mass is 10.2. The molecule has 1 fully saturated rings. The van der Waals surface area contributed by atoms with Crippen LogP contribution in [-0.4, -0.2) is 67.3 Å². The number of benzene rings is 1. The summed E-state index contributed by atoms with van der Waals surface area (Å²) in [6.07, 6.45) is -1.54. The molecule has 5 rings (SSSR count). The van der Waals surface area contributed by atoms with Gasteiger partial charge in [0, 0.05) is 31.8 Å². The van der Waals surface area contributed by atoms with E-state index in [0.29, 0.717) is 44.0 Å². The van der Waals surface area contributed by atoms with Crippen molar-refractivity contribution in [2.24, 2.45) is 0 Å². The topological polar surface area (TPSA) is 117 Å². The Hall–Kier alpha value is -4.00. The maximum absolute atomic E-state index is 13.0. The molecule has 0 bridgehead atoms. The molecule has 0 aliphatic carbocycles. The predicted molar refractivity (Wildman–Crippen MR) is 119 cm³/mol. The number of aromatic nitrogens is 7. The van der Waals surface area contributed by atoms with Gasteiger partial charge in [0.05, 0.1) is 25.5 Å². The summed E-state index contributed by atoms with van der Waals surface area (Å²) in [4.78, 5) is 19.9. The first kappa shape index (κ1) is 22.8. The van der Waals surface area contributed by atoms with Crippen LogP contribution in [0.1, 0.15) is 18.4 Å². The van der Waals surface area contributed by atoms with Crippen molar-refractivity contribution in [1.29, 1.82) is 0 Å². The van der Waals surface area contributed by atoms with Gasteiger partial charge in [0.25, 0.3) is 5.89 Å². The van der Waals surface area contributed by atoms with Crippen LogP contribution in [0.25, 0.3) is 23.1 Å². The first-order valence-electron chi connectivity index (χ1n) is 10.9. The van der Waals surface area contributed by atoms with E-state index in [9.17, 15) is 8.78 Å². The maximum Gasteiger partial charge on any atom is 0.394 e. The molecular weight excluding hydrogens is 462 g/mol. The number of ether oxygens (including phenoxy) is 2. The van der Waals surface area contributed by atoms with Crippen LogP contribution in [0.15, 0.2) is 41.1 Å². The minimum atomic E-state index is -3.26. The summed E-state index contributed by atoms with van der Waals surface area (Å²) in [7, 11) is 0. The Morgan fingerprint density at radius 2 is 1.80 bits per heavy atom. The van der Waals surface area contributed by atoms with E-state index in [2.05, 4.69) is 39.8 Å². The summed E-state index contributed by atoms with van der Waals surface area (Å²) in [5.41, 5.74) is 1.35. The molecule has 13 heteroatoms. The number of anilines is 1. The molecule has 11 nitrogen and oxygen atoms in total. The molecule has 3 aromatic heterocycles. The van der Waals surface area contributed by atoms with Gasteiger partial charge in [-0.05, 0) is 37.3 Å². The van der Waals surface area contributed by atoms with E-state index in [1.54, 1.807) is 23.0 Å². The third-order valence-electron chi connectivity index (χ3n) is 5.19. The van der Waals surface area contributed by atoms with Crippen molar-refractivity contribution < 1.29 is 22.8 Å². The highest BCUT2D eigenvalue weighted by molar-refractivity contribution is 5.57. The van der Waals surface area contributed by atoms with Crippen LogP contribution in [0, 0.1) is 6.92 Å². The molecule has 1 aromatic carbocycles. The molecule has 0 radical (unpaired) electrons. The quantitative estimate of drug-likeness (QED) is 0.387. The highest BCUT2D eigenvalue weighted by Gasteiger charge is 2.23. The molecule has 4 heterocycles. The normalized spacial score (nSPS) is 14.3. The summed E-state index contributed by atoms with van der Waals surface area (Å²) in [6, 6.07) is 7.78. The smallest absolute Gasteiger partial charge is 0.394 e. The standard InChI is InChI=1S/C22H22F2N8O3/c1-14-26-19(20-28-18(30-35-20)15-3-5-17(6-4-15)34-22(2,23)24)29-32(14)13-16-7-8-25-21(27-16)31-9-11-33-12-10-31/h3-8H,9-13H2,1-2H3. The van der Waals surface area contributed by atoms with E-state index in [-0.39, 0.29) is 23.3 Å². The molecule has 1 saturated heterocycles. The van der Waals surface area contributed by atoms with Crippen molar-refractivity contribution in [3.63, 3.8) is 0 Å². The van der Waals surface area contributed by atoms with Gasteiger partial charge in [0.1, 0.15) is 11.6 Å². The monoisotopic (exact) mass is 484 g/mol. The molecule has 0 N–H and O–H groups in total. The van der Waals surface area contributed by atoms with Crippen LogP contribution < -0.4 is 9.64 Å². The van der Waals surface area contributed by atoms with Gasteiger partial charge in [-0.2, -0.15) is 13.8 Å². The van der Waals surface area contributed by atoms with Crippen molar-refractivity contribution in [2.45, 2.75) is 26.5 Å². The highest BCUT2D eigenvalue weighted by Crippen LogP contribution is 2.25. The lowest BCUT2D eigenvalue weighted by molar-refractivity contribution is -0.158. The number of hydrogen-bond acceptors (Lipinski definition) is 10. The van der Waals surface area contributed by atoms with Gasteiger partial charge in [0.15, 0.2) is 0 Å². The zero-order chi connectivity index (χ0) is 24.4. The second-order valence-corrected chi connectivity index (χ2v) is 7.95. The Bertz CT molecular complexity index is 1300. The van der Waals surface area contributed by atoms with Crippen molar-refractivity contribution in [3.8, 4) is 28.9 Å². The zero-order valence-electron chi connectivity index (χ0n) is 19.1. The average molecular weight is 484 g/mol. The van der Waals surface area contributed by atoms with E-state index < -0.39 is 6.11 Å². The number of rotatable bonds is 7. The van der Waals surface area contributed by atoms with E-state index in [1.807, 2.05) is 13.0 Å². The van der Waals surface area contributed by atoms with Crippen LogP contribution >= 0.6 is 0 Å². The van der Waals surface area contributed by atoms with Gasteiger partial charge < -0.3 is 18.9 Å². The minimum absolute atomic E-state index is 0.0301. The molecule has 0 amide bonds. The first-order valence-corrected chi connectivity index (χ1v) is 10.9. The molecule has 35 heavy (non-hydrogen) atoms. The Labute approximate surface area is 198 Å². The third kappa shape index (κ3) is 5.40. The molecule has 1 aliphatic heterocycles. The molecule has 4 aromatic rings. The average Bonchev–Trinajstić information content (AvgIpc) is 3.47. The van der Waals surface area contributed by atoms with Crippen molar-refractivity contribution in [2.75, 3.05) is 31.2 Å². The predicted octanol–water partition coefficient (Wildman–Crippen LogP) is 2.97. The minimum Gasteiger partial charge on any atom is -0.433 e. The van der Waals surface area contributed by atoms with E-state index >= 15 is 0 Å². The summed E-state index contributed by atoms with van der Waals surface area (Å²) >= 11 is 0. The fraction of sp³-hybridized carbons (Fsp3) is 0.364. The molecule has 0 unspecified atom stereocenters. The van der Waals surface area contributed by atoms with Gasteiger partial charge >= 0.3 is 6.11 Å². The molecular formula is C22H22F2N8O3. The Morgan fingerprint density at radius 3 is 2.54 bits per heavy atom. The van der Waals surface area contributed by atoms with Crippen LogP contribution in [0.3, 0.4) is 0 Å². The number of halogens is 2. The largest absolute Gasteiger partial charge is 0.433 e. The lowest BCUT2D eigenvalue weighted by Gasteiger charge is -2.26. The number of hydrogen-bond donors (Lipinski definition) is 0. The summed E-state index contributed by atoms with van der Waals surface area (Å²) in [6.45, 7) is 5.68. The van der Waals surface area contributed by atoms with E-state index in [0.717, 1.165) is 18.8 Å². The van der Waals surface area contributed by atoms with Crippen molar-refractivity contribution >= 4 is 5.95 Å². The van der Waals surface area contributed by atoms with E-state index in [4.69, 9.17) is 9.26 Å². The summed E-state index contributed by atoms with van der Waals surface area (Å²) in [5.74, 6) is 2.02. The van der Waals surface area contributed by atoms with Gasteiger partial charge in [-0.25, -0.2) is 19.6 Å². The van der Waals surface area contributed by atoms with Crippen LogP contribution in [-0.2, 0) is 11.3 Å². The number of nitrogens with zero attached hydrogens (tertiary/aromatic N) is 8. The summed E-state index contributed by atoms with van der Waals surface area (Å²) in [5, 5.41) is 8.44. The molecule has 182 valence electrons. The Balaban J connectivity index is 1.30. The second kappa shape index (κ2) is 9.33. The number of aryl methyl sites for hydroxylation is 1. The van der Waals surface area contributed by atoms with E-state index in [1.165, 1.54) is 12.1 Å². The fourth-order valence-electron chi connectivity index (χ4n) is 3.51. The van der Waals surface area contributed by atoms with Gasteiger partial charge in [-0.1, -0.05) is 5.16 Å². The number of alkyl halides is 2. The van der Waals surface area contributed by atoms with Gasteiger partial charge in [0.2, 0.25) is 17.6 Å². The van der Waals surface area contributed by atoms with Crippen molar-refractivity contribution in [1.82, 2.24) is 34.9 Å². The second-order valence-electron chi connectivity index (χ2n) is 7.95.